The van der Waals surface area contributed by atoms with Gasteiger partial charge in [-0.1, -0.05) is 12.1 Å². The number of furan rings is 1. The number of hydrogen-bond acceptors (Lipinski definition) is 5. The van der Waals surface area contributed by atoms with Gasteiger partial charge in [0.25, 0.3) is 0 Å². The molecule has 8 nitrogen and oxygen atoms in total. The Bertz CT molecular complexity index is 960. The maximum atomic E-state index is 12.5. The number of imidazole rings is 1. The molecule has 1 aromatic carbocycles. The maximum Gasteiger partial charge on any atom is 0.237 e. The number of hydrogen-bond donors (Lipinski definition) is 3. The lowest BCUT2D eigenvalue weighted by Crippen LogP contribution is -2.56. The number of nitrogens with one attached hydrogen (secondary N) is 3. The average molecular weight is 381 g/mol. The minimum atomic E-state index is -0.519. The van der Waals surface area contributed by atoms with E-state index in [1.54, 1.807) is 0 Å². The van der Waals surface area contributed by atoms with Crippen LogP contribution in [0.3, 0.4) is 0 Å². The molecule has 1 aliphatic rings. The van der Waals surface area contributed by atoms with Crippen LogP contribution in [0.25, 0.3) is 11.0 Å². The van der Waals surface area contributed by atoms with Crippen molar-refractivity contribution in [2.75, 3.05) is 13.1 Å². The van der Waals surface area contributed by atoms with Gasteiger partial charge in [0.1, 0.15) is 17.3 Å². The molecule has 4 rings (SSSR count). The van der Waals surface area contributed by atoms with E-state index in [-0.39, 0.29) is 18.2 Å². The smallest absolute Gasteiger partial charge is 0.237 e. The van der Waals surface area contributed by atoms with Crippen LogP contribution in [0, 0.1) is 6.92 Å². The van der Waals surface area contributed by atoms with Gasteiger partial charge in [-0.05, 0) is 31.2 Å². The van der Waals surface area contributed by atoms with Gasteiger partial charge in [0.2, 0.25) is 11.8 Å². The normalized spacial score (nSPS) is 17.6. The van der Waals surface area contributed by atoms with Crippen molar-refractivity contribution in [1.82, 2.24) is 25.5 Å². The Balaban J connectivity index is 1.37. The fourth-order valence-electron chi connectivity index (χ4n) is 3.46. The number of benzene rings is 1. The second-order valence-electron chi connectivity index (χ2n) is 6.97. The zero-order valence-electron chi connectivity index (χ0n) is 15.7. The quantitative estimate of drug-likeness (QED) is 0.600. The Morgan fingerprint density at radius 1 is 1.32 bits per heavy atom. The number of H-pyrrole nitrogens is 1. The zero-order valence-corrected chi connectivity index (χ0v) is 15.7. The van der Waals surface area contributed by atoms with Crippen LogP contribution >= 0.6 is 0 Å². The van der Waals surface area contributed by atoms with Crippen LogP contribution in [0.15, 0.2) is 40.8 Å². The third kappa shape index (κ3) is 4.07. The van der Waals surface area contributed by atoms with E-state index in [9.17, 15) is 9.59 Å². The predicted octanol–water partition coefficient (Wildman–Crippen LogP) is 1.47. The first-order valence-corrected chi connectivity index (χ1v) is 9.36. The molecular formula is C20H23N5O3. The second kappa shape index (κ2) is 7.85. The molecule has 1 atom stereocenters. The molecular weight excluding hydrogens is 358 g/mol. The van der Waals surface area contributed by atoms with Gasteiger partial charge in [-0.2, -0.15) is 0 Å². The van der Waals surface area contributed by atoms with Crippen molar-refractivity contribution in [2.45, 2.75) is 32.5 Å². The number of aromatic nitrogens is 2. The van der Waals surface area contributed by atoms with E-state index >= 15 is 0 Å². The Labute approximate surface area is 162 Å². The minimum Gasteiger partial charge on any atom is -0.465 e. The monoisotopic (exact) mass is 381 g/mol. The Hall–Kier alpha value is -3.13. The Morgan fingerprint density at radius 3 is 2.96 bits per heavy atom. The van der Waals surface area contributed by atoms with Gasteiger partial charge in [0.15, 0.2) is 0 Å². The number of carbonyl (C=O) groups is 2. The summed E-state index contributed by atoms with van der Waals surface area (Å²) in [5.74, 6) is 1.98. The molecule has 2 amide bonds. The van der Waals surface area contributed by atoms with Gasteiger partial charge < -0.3 is 20.0 Å². The molecule has 2 aromatic heterocycles. The summed E-state index contributed by atoms with van der Waals surface area (Å²) in [6.45, 7) is 3.92. The molecule has 0 saturated carbocycles. The number of carbonyl (C=O) groups excluding carboxylic acids is 2. The molecule has 0 radical (unpaired) electrons. The highest BCUT2D eigenvalue weighted by molar-refractivity contribution is 5.88. The number of piperazine rings is 1. The molecule has 8 heteroatoms. The van der Waals surface area contributed by atoms with Crippen molar-refractivity contribution < 1.29 is 14.0 Å². The van der Waals surface area contributed by atoms with E-state index in [0.29, 0.717) is 32.0 Å². The molecule has 0 spiro atoms. The van der Waals surface area contributed by atoms with Crippen LogP contribution in [0.2, 0.25) is 0 Å². The summed E-state index contributed by atoms with van der Waals surface area (Å²) in [5.41, 5.74) is 1.79. The van der Waals surface area contributed by atoms with Gasteiger partial charge in [-0.15, -0.1) is 0 Å². The van der Waals surface area contributed by atoms with Gasteiger partial charge in [0, 0.05) is 13.1 Å². The van der Waals surface area contributed by atoms with Gasteiger partial charge >= 0.3 is 0 Å². The summed E-state index contributed by atoms with van der Waals surface area (Å²) < 4.78 is 5.62. The summed E-state index contributed by atoms with van der Waals surface area (Å²) in [7, 11) is 0. The highest BCUT2D eigenvalue weighted by Gasteiger charge is 2.32. The van der Waals surface area contributed by atoms with Crippen molar-refractivity contribution in [2.24, 2.45) is 0 Å². The number of aryl methyl sites for hydroxylation is 1. The highest BCUT2D eigenvalue weighted by Crippen LogP contribution is 2.16. The van der Waals surface area contributed by atoms with E-state index in [1.165, 1.54) is 0 Å². The summed E-state index contributed by atoms with van der Waals surface area (Å²) in [4.78, 5) is 34.4. The Morgan fingerprint density at radius 2 is 2.18 bits per heavy atom. The molecule has 3 aromatic rings. The number of rotatable bonds is 6. The molecule has 1 fully saturated rings. The first kappa shape index (κ1) is 18.2. The standard InChI is InChI=1S/C20H23N5O3/c1-13-6-7-14(28-13)12-25-9-8-21-20(27)17(25)10-19(26)22-11-18-23-15-4-2-3-5-16(15)24-18/h2-7,17H,8-12H2,1H3,(H,21,27)(H,22,26)(H,23,24)/t17-/m0/s1. The largest absolute Gasteiger partial charge is 0.465 e. The molecule has 3 heterocycles. The lowest BCUT2D eigenvalue weighted by Gasteiger charge is -2.34. The van der Waals surface area contributed by atoms with E-state index < -0.39 is 6.04 Å². The van der Waals surface area contributed by atoms with Gasteiger partial charge in [-0.3, -0.25) is 14.5 Å². The first-order valence-electron chi connectivity index (χ1n) is 9.36. The summed E-state index contributed by atoms with van der Waals surface area (Å²) in [5, 5.41) is 5.69. The summed E-state index contributed by atoms with van der Waals surface area (Å²) in [6, 6.07) is 11.0. The molecule has 3 N–H and O–H groups in total. The third-order valence-corrected chi connectivity index (χ3v) is 4.87. The van der Waals surface area contributed by atoms with E-state index in [4.69, 9.17) is 4.42 Å². The molecule has 0 bridgehead atoms. The fourth-order valence-corrected chi connectivity index (χ4v) is 3.46. The third-order valence-electron chi connectivity index (χ3n) is 4.87. The predicted molar refractivity (Wildman–Crippen MR) is 103 cm³/mol. The van der Waals surface area contributed by atoms with Crippen molar-refractivity contribution in [3.63, 3.8) is 0 Å². The van der Waals surface area contributed by atoms with Crippen LogP contribution in [0.1, 0.15) is 23.8 Å². The molecule has 0 unspecified atom stereocenters. The zero-order chi connectivity index (χ0) is 19.5. The number of amides is 2. The molecule has 28 heavy (non-hydrogen) atoms. The summed E-state index contributed by atoms with van der Waals surface area (Å²) in [6.07, 6.45) is 0.0890. The van der Waals surface area contributed by atoms with Gasteiger partial charge in [-0.25, -0.2) is 4.98 Å². The van der Waals surface area contributed by atoms with Crippen LogP contribution in [-0.2, 0) is 22.7 Å². The van der Waals surface area contributed by atoms with E-state index in [2.05, 4.69) is 20.6 Å². The van der Waals surface area contributed by atoms with Crippen molar-refractivity contribution in [1.29, 1.82) is 0 Å². The van der Waals surface area contributed by atoms with Crippen LogP contribution in [-0.4, -0.2) is 45.8 Å². The summed E-state index contributed by atoms with van der Waals surface area (Å²) >= 11 is 0. The SMILES string of the molecule is Cc1ccc(CN2CCNC(=O)[C@@H]2CC(=O)NCc2nc3ccccc3[nH]2)o1. The van der Waals surface area contributed by atoms with E-state index in [0.717, 1.165) is 22.6 Å². The minimum absolute atomic E-state index is 0.0890. The van der Waals surface area contributed by atoms with Crippen molar-refractivity contribution in [3.8, 4) is 0 Å². The molecule has 0 aliphatic carbocycles. The number of aromatic amines is 1. The van der Waals surface area contributed by atoms with Crippen LogP contribution in [0.4, 0.5) is 0 Å². The van der Waals surface area contributed by atoms with E-state index in [1.807, 2.05) is 48.2 Å². The lowest BCUT2D eigenvalue weighted by atomic mass is 10.1. The number of fused-ring (bicyclic) bond motifs is 1. The lowest BCUT2D eigenvalue weighted by molar-refractivity contribution is -0.134. The van der Waals surface area contributed by atoms with Crippen molar-refractivity contribution >= 4 is 22.8 Å². The van der Waals surface area contributed by atoms with Crippen molar-refractivity contribution in [3.05, 3.63) is 53.7 Å². The second-order valence-corrected chi connectivity index (χ2v) is 6.97. The topological polar surface area (TPSA) is 103 Å². The molecule has 146 valence electrons. The fraction of sp³-hybridized carbons (Fsp3) is 0.350. The molecule has 1 aliphatic heterocycles. The molecule has 1 saturated heterocycles. The number of para-hydroxylation sites is 2. The van der Waals surface area contributed by atoms with Gasteiger partial charge in [0.05, 0.1) is 36.6 Å². The highest BCUT2D eigenvalue weighted by atomic mass is 16.3. The first-order chi connectivity index (χ1) is 13.6. The van der Waals surface area contributed by atoms with Crippen LogP contribution in [0.5, 0.6) is 0 Å². The van der Waals surface area contributed by atoms with Crippen LogP contribution < -0.4 is 10.6 Å². The maximum absolute atomic E-state index is 12.5. The number of nitrogens with zero attached hydrogens (tertiary/aromatic N) is 2. The Kier molecular flexibility index (Phi) is 5.12. The average Bonchev–Trinajstić information content (AvgIpc) is 3.28.